The van der Waals surface area contributed by atoms with E-state index in [1.807, 2.05) is 6.07 Å². The highest BCUT2D eigenvalue weighted by molar-refractivity contribution is 6.13. The Kier molecular flexibility index (Phi) is 5.30. The van der Waals surface area contributed by atoms with E-state index < -0.39 is 11.9 Å². The van der Waals surface area contributed by atoms with Gasteiger partial charge in [0.25, 0.3) is 0 Å². The number of esters is 1. The summed E-state index contributed by atoms with van der Waals surface area (Å²) in [7, 11) is 1.55. The number of benzene rings is 2. The van der Waals surface area contributed by atoms with Gasteiger partial charge >= 0.3 is 5.97 Å². The van der Waals surface area contributed by atoms with Crippen LogP contribution in [0.3, 0.4) is 0 Å². The fourth-order valence-corrected chi connectivity index (χ4v) is 3.14. The molecule has 2 heterocycles. The maximum atomic E-state index is 12.6. The minimum absolute atomic E-state index is 0.171. The van der Waals surface area contributed by atoms with Crippen molar-refractivity contribution in [1.82, 2.24) is 4.98 Å². The number of carbonyl (C=O) groups excluding carboxylic acids is 2. The third-order valence-electron chi connectivity index (χ3n) is 4.56. The molecule has 3 aromatic rings. The maximum Gasteiger partial charge on any atom is 0.356 e. The van der Waals surface area contributed by atoms with Gasteiger partial charge in [0.2, 0.25) is 12.7 Å². The third-order valence-corrected chi connectivity index (χ3v) is 4.56. The van der Waals surface area contributed by atoms with E-state index in [1.54, 1.807) is 50.4 Å². The van der Waals surface area contributed by atoms with Gasteiger partial charge in [0.15, 0.2) is 11.5 Å². The van der Waals surface area contributed by atoms with Crippen molar-refractivity contribution in [2.24, 2.45) is 0 Å². The lowest BCUT2D eigenvalue weighted by molar-refractivity contribution is -0.111. The molecule has 0 atom stereocenters. The molecule has 1 aromatic heterocycles. The highest BCUT2D eigenvalue weighted by Crippen LogP contribution is 2.33. The second-order valence-corrected chi connectivity index (χ2v) is 6.44. The van der Waals surface area contributed by atoms with Crippen LogP contribution in [0.4, 0.5) is 5.69 Å². The van der Waals surface area contributed by atoms with Gasteiger partial charge in [-0.05, 0) is 48.9 Å². The number of anilines is 1. The normalized spacial score (nSPS) is 12.3. The predicted octanol–water partition coefficient (Wildman–Crippen LogP) is 3.73. The maximum absolute atomic E-state index is 12.6. The number of ether oxygens (including phenoxy) is 4. The van der Waals surface area contributed by atoms with Crippen LogP contribution in [-0.4, -0.2) is 37.4 Å². The number of hydrogen-bond acceptors (Lipinski definition) is 6. The second-order valence-electron chi connectivity index (χ2n) is 6.44. The number of fused-ring (bicyclic) bond motifs is 2. The van der Waals surface area contributed by atoms with Crippen molar-refractivity contribution >= 4 is 34.5 Å². The molecule has 0 radical (unpaired) electrons. The van der Waals surface area contributed by atoms with Gasteiger partial charge in [-0.3, -0.25) is 4.79 Å². The highest BCUT2D eigenvalue weighted by Gasteiger charge is 2.20. The first kappa shape index (κ1) is 19.4. The van der Waals surface area contributed by atoms with Crippen LogP contribution >= 0.6 is 0 Å². The molecule has 30 heavy (non-hydrogen) atoms. The Morgan fingerprint density at radius 1 is 1.17 bits per heavy atom. The summed E-state index contributed by atoms with van der Waals surface area (Å²) < 4.78 is 21.0. The molecule has 0 spiro atoms. The molecule has 8 heteroatoms. The Morgan fingerprint density at radius 2 is 2.00 bits per heavy atom. The standard InChI is InChI=1S/C22H20N2O6/c1-3-28-22(26)21-20(15-11-14(27-2)6-7-16(15)23-21)24-19(25)9-5-13-4-8-17-18(10-13)30-12-29-17/h4-11,23H,3,12H2,1-2H3,(H,24,25). The summed E-state index contributed by atoms with van der Waals surface area (Å²) in [5.41, 5.74) is 1.96. The molecule has 0 saturated heterocycles. The van der Waals surface area contributed by atoms with Crippen LogP contribution in [0.1, 0.15) is 23.0 Å². The lowest BCUT2D eigenvalue weighted by Gasteiger charge is -2.06. The first-order valence-corrected chi connectivity index (χ1v) is 9.34. The molecular formula is C22H20N2O6. The van der Waals surface area contributed by atoms with Crippen LogP contribution in [-0.2, 0) is 9.53 Å². The molecule has 154 valence electrons. The fourth-order valence-electron chi connectivity index (χ4n) is 3.14. The van der Waals surface area contributed by atoms with E-state index >= 15 is 0 Å². The number of methoxy groups -OCH3 is 1. The van der Waals surface area contributed by atoms with Crippen LogP contribution in [0.2, 0.25) is 0 Å². The smallest absolute Gasteiger partial charge is 0.356 e. The minimum Gasteiger partial charge on any atom is -0.497 e. The van der Waals surface area contributed by atoms with Crippen molar-refractivity contribution in [3.8, 4) is 17.2 Å². The number of rotatable bonds is 6. The summed E-state index contributed by atoms with van der Waals surface area (Å²) in [5, 5.41) is 3.42. The van der Waals surface area contributed by atoms with Crippen LogP contribution in [0, 0.1) is 0 Å². The first-order valence-electron chi connectivity index (χ1n) is 9.34. The number of hydrogen-bond donors (Lipinski definition) is 2. The van der Waals surface area contributed by atoms with Crippen molar-refractivity contribution < 1.29 is 28.5 Å². The van der Waals surface area contributed by atoms with Crippen molar-refractivity contribution in [2.75, 3.05) is 25.8 Å². The molecule has 4 rings (SSSR count). The summed E-state index contributed by atoms with van der Waals surface area (Å²) in [6.07, 6.45) is 3.03. The number of aromatic nitrogens is 1. The van der Waals surface area contributed by atoms with Crippen LogP contribution < -0.4 is 19.5 Å². The Hall–Kier alpha value is -3.94. The van der Waals surface area contributed by atoms with E-state index in [4.69, 9.17) is 18.9 Å². The average molecular weight is 408 g/mol. The molecule has 0 bridgehead atoms. The van der Waals surface area contributed by atoms with Gasteiger partial charge in [-0.1, -0.05) is 6.07 Å². The zero-order chi connectivity index (χ0) is 21.1. The van der Waals surface area contributed by atoms with Gasteiger partial charge in [0, 0.05) is 17.0 Å². The molecule has 1 amide bonds. The highest BCUT2D eigenvalue weighted by atomic mass is 16.7. The SMILES string of the molecule is CCOC(=O)c1[nH]c2ccc(OC)cc2c1NC(=O)C=Cc1ccc2c(c1)OCO2. The van der Waals surface area contributed by atoms with Crippen molar-refractivity contribution in [1.29, 1.82) is 0 Å². The number of H-pyrrole nitrogens is 1. The molecule has 2 N–H and O–H groups in total. The summed E-state index contributed by atoms with van der Waals surface area (Å²) in [6, 6.07) is 10.7. The fraction of sp³-hybridized carbons (Fsp3) is 0.182. The summed E-state index contributed by atoms with van der Waals surface area (Å²) >= 11 is 0. The van der Waals surface area contributed by atoms with Crippen molar-refractivity contribution in [3.63, 3.8) is 0 Å². The zero-order valence-electron chi connectivity index (χ0n) is 16.5. The van der Waals surface area contributed by atoms with Crippen LogP contribution in [0.5, 0.6) is 17.2 Å². The van der Waals surface area contributed by atoms with Crippen LogP contribution in [0.25, 0.3) is 17.0 Å². The number of nitrogens with one attached hydrogen (secondary N) is 2. The quantitative estimate of drug-likeness (QED) is 0.476. The lowest BCUT2D eigenvalue weighted by Crippen LogP contribution is -2.13. The number of aromatic amines is 1. The molecule has 1 aliphatic rings. The topological polar surface area (TPSA) is 98.9 Å². The number of carbonyl (C=O) groups is 2. The largest absolute Gasteiger partial charge is 0.497 e. The molecule has 8 nitrogen and oxygen atoms in total. The van der Waals surface area contributed by atoms with Gasteiger partial charge in [-0.2, -0.15) is 0 Å². The monoisotopic (exact) mass is 408 g/mol. The summed E-state index contributed by atoms with van der Waals surface area (Å²) in [6.45, 7) is 2.12. The Balaban J connectivity index is 1.61. The van der Waals surface area contributed by atoms with Crippen molar-refractivity contribution in [3.05, 3.63) is 53.7 Å². The third kappa shape index (κ3) is 3.80. The van der Waals surface area contributed by atoms with Gasteiger partial charge < -0.3 is 29.2 Å². The van der Waals surface area contributed by atoms with E-state index in [0.29, 0.717) is 33.8 Å². The number of amides is 1. The Labute approximate surface area is 172 Å². The van der Waals surface area contributed by atoms with Gasteiger partial charge in [-0.15, -0.1) is 0 Å². The van der Waals surface area contributed by atoms with Gasteiger partial charge in [0.05, 0.1) is 19.4 Å². The van der Waals surface area contributed by atoms with Gasteiger partial charge in [0.1, 0.15) is 11.4 Å². The lowest BCUT2D eigenvalue weighted by atomic mass is 10.2. The predicted molar refractivity (Wildman–Crippen MR) is 111 cm³/mol. The molecule has 0 unspecified atom stereocenters. The van der Waals surface area contributed by atoms with Crippen molar-refractivity contribution in [2.45, 2.75) is 6.92 Å². The average Bonchev–Trinajstić information content (AvgIpc) is 3.36. The van der Waals surface area contributed by atoms with E-state index in [9.17, 15) is 9.59 Å². The molecule has 0 aliphatic carbocycles. The van der Waals surface area contributed by atoms with Crippen LogP contribution in [0.15, 0.2) is 42.5 Å². The van der Waals surface area contributed by atoms with E-state index in [1.165, 1.54) is 6.08 Å². The molecule has 1 aliphatic heterocycles. The molecule has 2 aromatic carbocycles. The molecule has 0 saturated carbocycles. The first-order chi connectivity index (χ1) is 14.6. The summed E-state index contributed by atoms with van der Waals surface area (Å²) in [4.78, 5) is 28.0. The molecule has 0 fully saturated rings. The minimum atomic E-state index is -0.553. The zero-order valence-corrected chi connectivity index (χ0v) is 16.5. The second kappa shape index (κ2) is 8.20. The molecular weight excluding hydrogens is 388 g/mol. The Morgan fingerprint density at radius 3 is 2.80 bits per heavy atom. The van der Waals surface area contributed by atoms with Gasteiger partial charge in [-0.25, -0.2) is 4.79 Å². The summed E-state index contributed by atoms with van der Waals surface area (Å²) in [5.74, 6) is 0.947. The van der Waals surface area contributed by atoms with E-state index in [2.05, 4.69) is 10.3 Å². The Bertz CT molecular complexity index is 1150. The van der Waals surface area contributed by atoms with E-state index in [-0.39, 0.29) is 19.1 Å². The van der Waals surface area contributed by atoms with E-state index in [0.717, 1.165) is 5.56 Å².